The Morgan fingerprint density at radius 2 is 1.94 bits per heavy atom. The molecular weight excluding hydrogens is 228 g/mol. The van der Waals surface area contributed by atoms with Crippen molar-refractivity contribution in [2.75, 3.05) is 19.7 Å². The highest BCUT2D eigenvalue weighted by Crippen LogP contribution is 2.15. The average Bonchev–Trinajstić information content (AvgIpc) is 2.32. The zero-order valence-corrected chi connectivity index (χ0v) is 9.66. The summed E-state index contributed by atoms with van der Waals surface area (Å²) >= 11 is 0. The zero-order chi connectivity index (χ0) is 12.8. The predicted octanol–water partition coefficient (Wildman–Crippen LogP) is 1.22. The fourth-order valence-corrected chi connectivity index (χ4v) is 1.37. The van der Waals surface area contributed by atoms with Crippen LogP contribution in [0.3, 0.4) is 0 Å². The fourth-order valence-electron chi connectivity index (χ4n) is 1.37. The van der Waals surface area contributed by atoms with E-state index in [2.05, 4.69) is 5.32 Å². The van der Waals surface area contributed by atoms with Crippen molar-refractivity contribution in [1.29, 1.82) is 0 Å². The third kappa shape index (κ3) is 4.38. The molecule has 3 nitrogen and oxygen atoms in total. The normalized spacial score (nSPS) is 14.6. The summed E-state index contributed by atoms with van der Waals surface area (Å²) in [6.07, 6.45) is -0.893. The molecule has 1 aromatic carbocycles. The molecule has 0 amide bonds. The van der Waals surface area contributed by atoms with E-state index in [1.807, 2.05) is 6.92 Å². The Morgan fingerprint density at radius 3 is 2.53 bits per heavy atom. The molecule has 5 heteroatoms. The minimum Gasteiger partial charge on any atom is -0.396 e. The van der Waals surface area contributed by atoms with Gasteiger partial charge >= 0.3 is 0 Å². The Labute approximate surface area is 99.1 Å². The Kier molecular flexibility index (Phi) is 5.47. The molecule has 96 valence electrons. The number of aliphatic hydroxyl groups is 2. The van der Waals surface area contributed by atoms with Crippen LogP contribution in [0.4, 0.5) is 8.78 Å². The van der Waals surface area contributed by atoms with Crippen molar-refractivity contribution in [2.45, 2.75) is 13.0 Å². The number of rotatable bonds is 6. The van der Waals surface area contributed by atoms with Gasteiger partial charge in [0.05, 0.1) is 6.10 Å². The van der Waals surface area contributed by atoms with Gasteiger partial charge < -0.3 is 15.5 Å². The second kappa shape index (κ2) is 6.64. The van der Waals surface area contributed by atoms with Gasteiger partial charge in [-0.25, -0.2) is 8.78 Å². The first-order valence-electron chi connectivity index (χ1n) is 5.49. The highest BCUT2D eigenvalue weighted by atomic mass is 19.2. The van der Waals surface area contributed by atoms with Crippen LogP contribution in [0.25, 0.3) is 0 Å². The van der Waals surface area contributed by atoms with Crippen molar-refractivity contribution in [3.63, 3.8) is 0 Å². The van der Waals surface area contributed by atoms with Gasteiger partial charge in [-0.1, -0.05) is 13.0 Å². The molecule has 2 atom stereocenters. The van der Waals surface area contributed by atoms with Crippen molar-refractivity contribution in [1.82, 2.24) is 5.32 Å². The molecule has 3 N–H and O–H groups in total. The van der Waals surface area contributed by atoms with E-state index < -0.39 is 17.7 Å². The minimum atomic E-state index is -0.967. The lowest BCUT2D eigenvalue weighted by Crippen LogP contribution is -2.27. The quantitative estimate of drug-likeness (QED) is 0.706. The monoisotopic (exact) mass is 245 g/mol. The van der Waals surface area contributed by atoms with E-state index in [1.165, 1.54) is 6.07 Å². The number of nitrogens with one attached hydrogen (secondary N) is 1. The Balaban J connectivity index is 2.46. The highest BCUT2D eigenvalue weighted by molar-refractivity contribution is 5.20. The summed E-state index contributed by atoms with van der Waals surface area (Å²) in [6.45, 7) is 2.71. The second-order valence-electron chi connectivity index (χ2n) is 4.14. The molecule has 17 heavy (non-hydrogen) atoms. The Bertz CT molecular complexity index is 360. The van der Waals surface area contributed by atoms with Crippen molar-refractivity contribution in [2.24, 2.45) is 5.92 Å². The van der Waals surface area contributed by atoms with Crippen LogP contribution in [-0.4, -0.2) is 29.9 Å². The molecule has 0 saturated carbocycles. The van der Waals surface area contributed by atoms with E-state index in [4.69, 9.17) is 5.11 Å². The molecule has 0 aromatic heterocycles. The number of halogens is 2. The standard InChI is InChI=1S/C12H17F2NO2/c1-8(7-16)5-15-6-12(17)9-2-3-10(13)11(14)4-9/h2-4,8,12,15-17H,5-7H2,1H3. The summed E-state index contributed by atoms with van der Waals surface area (Å²) in [5, 5.41) is 21.4. The lowest BCUT2D eigenvalue weighted by Gasteiger charge is -2.14. The van der Waals surface area contributed by atoms with Gasteiger partial charge in [-0.2, -0.15) is 0 Å². The molecule has 0 bridgehead atoms. The molecule has 0 aliphatic heterocycles. The van der Waals surface area contributed by atoms with Gasteiger partial charge in [0, 0.05) is 13.2 Å². The van der Waals surface area contributed by atoms with Gasteiger partial charge in [0.2, 0.25) is 0 Å². The Morgan fingerprint density at radius 1 is 1.24 bits per heavy atom. The molecule has 0 fully saturated rings. The van der Waals surface area contributed by atoms with Gasteiger partial charge in [-0.05, 0) is 30.2 Å². The van der Waals surface area contributed by atoms with Crippen molar-refractivity contribution in [3.8, 4) is 0 Å². The van der Waals surface area contributed by atoms with Gasteiger partial charge in [0.1, 0.15) is 0 Å². The van der Waals surface area contributed by atoms with Crippen LogP contribution < -0.4 is 5.32 Å². The summed E-state index contributed by atoms with van der Waals surface area (Å²) in [4.78, 5) is 0. The van der Waals surface area contributed by atoms with Gasteiger partial charge in [0.15, 0.2) is 11.6 Å². The zero-order valence-electron chi connectivity index (χ0n) is 9.66. The van der Waals surface area contributed by atoms with Crippen LogP contribution in [0.15, 0.2) is 18.2 Å². The van der Waals surface area contributed by atoms with E-state index in [-0.39, 0.29) is 19.1 Å². The van der Waals surface area contributed by atoms with Crippen LogP contribution in [0.1, 0.15) is 18.6 Å². The maximum absolute atomic E-state index is 12.9. The predicted molar refractivity (Wildman–Crippen MR) is 60.4 cm³/mol. The van der Waals surface area contributed by atoms with E-state index in [0.29, 0.717) is 12.1 Å². The fraction of sp³-hybridized carbons (Fsp3) is 0.500. The third-order valence-corrected chi connectivity index (χ3v) is 2.47. The molecule has 2 unspecified atom stereocenters. The minimum absolute atomic E-state index is 0.0638. The van der Waals surface area contributed by atoms with E-state index in [1.54, 1.807) is 0 Å². The first-order valence-corrected chi connectivity index (χ1v) is 5.49. The van der Waals surface area contributed by atoms with Gasteiger partial charge in [-0.15, -0.1) is 0 Å². The smallest absolute Gasteiger partial charge is 0.159 e. The van der Waals surface area contributed by atoms with Crippen molar-refractivity contribution < 1.29 is 19.0 Å². The maximum atomic E-state index is 12.9. The van der Waals surface area contributed by atoms with Crippen LogP contribution >= 0.6 is 0 Å². The molecule has 0 spiro atoms. The molecule has 0 aliphatic carbocycles. The number of aliphatic hydroxyl groups excluding tert-OH is 2. The molecule has 1 rings (SSSR count). The summed E-state index contributed by atoms with van der Waals surface area (Å²) in [7, 11) is 0. The summed E-state index contributed by atoms with van der Waals surface area (Å²) < 4.78 is 25.6. The van der Waals surface area contributed by atoms with Crippen molar-refractivity contribution >= 4 is 0 Å². The van der Waals surface area contributed by atoms with Crippen LogP contribution in [0, 0.1) is 17.6 Å². The largest absolute Gasteiger partial charge is 0.396 e. The maximum Gasteiger partial charge on any atom is 0.159 e. The number of hydrogen-bond donors (Lipinski definition) is 3. The third-order valence-electron chi connectivity index (χ3n) is 2.47. The second-order valence-corrected chi connectivity index (χ2v) is 4.14. The van der Waals surface area contributed by atoms with Gasteiger partial charge in [0.25, 0.3) is 0 Å². The summed E-state index contributed by atoms with van der Waals surface area (Å²) in [5.41, 5.74) is 0.327. The summed E-state index contributed by atoms with van der Waals surface area (Å²) in [5.74, 6) is -1.81. The molecule has 0 aliphatic rings. The number of benzene rings is 1. The molecule has 0 heterocycles. The number of hydrogen-bond acceptors (Lipinski definition) is 3. The average molecular weight is 245 g/mol. The molecular formula is C12H17F2NO2. The lowest BCUT2D eigenvalue weighted by atomic mass is 10.1. The topological polar surface area (TPSA) is 52.5 Å². The first-order chi connectivity index (χ1) is 8.04. The molecule has 0 radical (unpaired) electrons. The van der Waals surface area contributed by atoms with Gasteiger partial charge in [-0.3, -0.25) is 0 Å². The first kappa shape index (κ1) is 14.0. The van der Waals surface area contributed by atoms with E-state index in [0.717, 1.165) is 12.1 Å². The van der Waals surface area contributed by atoms with Crippen LogP contribution in [0.5, 0.6) is 0 Å². The van der Waals surface area contributed by atoms with E-state index >= 15 is 0 Å². The SMILES string of the molecule is CC(CO)CNCC(O)c1ccc(F)c(F)c1. The van der Waals surface area contributed by atoms with E-state index in [9.17, 15) is 13.9 Å². The highest BCUT2D eigenvalue weighted by Gasteiger charge is 2.11. The lowest BCUT2D eigenvalue weighted by molar-refractivity contribution is 0.167. The van der Waals surface area contributed by atoms with Crippen LogP contribution in [0.2, 0.25) is 0 Å². The molecule has 0 saturated heterocycles. The van der Waals surface area contributed by atoms with Crippen molar-refractivity contribution in [3.05, 3.63) is 35.4 Å². The van der Waals surface area contributed by atoms with Crippen LogP contribution in [-0.2, 0) is 0 Å². The summed E-state index contributed by atoms with van der Waals surface area (Å²) in [6, 6.07) is 3.32. The molecule has 1 aromatic rings. The Hall–Kier alpha value is -1.04.